The number of rotatable bonds is 3. The summed E-state index contributed by atoms with van der Waals surface area (Å²) in [6.07, 6.45) is 8.22. The number of hydrogen-bond donors (Lipinski definition) is 2. The molecule has 0 amide bonds. The summed E-state index contributed by atoms with van der Waals surface area (Å²) in [6.45, 7) is 0. The summed E-state index contributed by atoms with van der Waals surface area (Å²) in [4.78, 5) is 24.9. The Hall–Kier alpha value is -4.53. The van der Waals surface area contributed by atoms with E-state index in [9.17, 15) is 4.39 Å². The minimum atomic E-state index is -0.349. The molecular formula is C22H13FN8. The lowest BCUT2D eigenvalue weighted by Crippen LogP contribution is -1.89. The van der Waals surface area contributed by atoms with Crippen LogP contribution in [0.5, 0.6) is 0 Å². The predicted octanol–water partition coefficient (Wildman–Crippen LogP) is 4.16. The highest BCUT2D eigenvalue weighted by Crippen LogP contribution is 2.32. The van der Waals surface area contributed by atoms with Gasteiger partial charge >= 0.3 is 0 Å². The highest BCUT2D eigenvalue weighted by molar-refractivity contribution is 5.96. The molecule has 0 fully saturated rings. The molecule has 0 aliphatic rings. The number of aromatic amines is 2. The summed E-state index contributed by atoms with van der Waals surface area (Å²) in [5.74, 6) is 0.200. The number of nitrogens with one attached hydrogen (secondary N) is 2. The van der Waals surface area contributed by atoms with Gasteiger partial charge in [-0.2, -0.15) is 5.10 Å². The van der Waals surface area contributed by atoms with E-state index in [1.165, 1.54) is 12.4 Å². The van der Waals surface area contributed by atoms with Crippen molar-refractivity contribution in [3.63, 3.8) is 0 Å². The first-order valence-corrected chi connectivity index (χ1v) is 9.47. The van der Waals surface area contributed by atoms with Gasteiger partial charge in [0, 0.05) is 35.1 Å². The van der Waals surface area contributed by atoms with Crippen molar-refractivity contribution < 1.29 is 4.39 Å². The molecule has 9 heteroatoms. The molecule has 5 heterocycles. The molecule has 1 aromatic carbocycles. The predicted molar refractivity (Wildman–Crippen MR) is 113 cm³/mol. The molecule has 8 nitrogen and oxygen atoms in total. The molecule has 0 bridgehead atoms. The van der Waals surface area contributed by atoms with Gasteiger partial charge in [0.25, 0.3) is 0 Å². The standard InChI is InChI=1S/C22H13FN8/c23-15-4-2-1-3-13(15)19-21-16(5-6-26-19)28-22(29-21)20-14-7-17(12-8-24-11-25-9-12)27-10-18(14)30-31-20/h1-11H,(H,28,29)(H,30,31). The Balaban J connectivity index is 1.53. The van der Waals surface area contributed by atoms with Crippen LogP contribution in [0, 0.1) is 5.82 Å². The topological polar surface area (TPSA) is 109 Å². The van der Waals surface area contributed by atoms with Crippen molar-refractivity contribution in [2.24, 2.45) is 0 Å². The third kappa shape index (κ3) is 2.83. The molecule has 5 aromatic heterocycles. The lowest BCUT2D eigenvalue weighted by molar-refractivity contribution is 0.631. The highest BCUT2D eigenvalue weighted by Gasteiger charge is 2.18. The third-order valence-corrected chi connectivity index (χ3v) is 5.06. The van der Waals surface area contributed by atoms with Gasteiger partial charge in [-0.1, -0.05) is 12.1 Å². The van der Waals surface area contributed by atoms with Gasteiger partial charge in [0.2, 0.25) is 0 Å². The van der Waals surface area contributed by atoms with E-state index in [0.29, 0.717) is 28.3 Å². The van der Waals surface area contributed by atoms with E-state index in [4.69, 9.17) is 4.98 Å². The molecule has 0 aliphatic heterocycles. The minimum Gasteiger partial charge on any atom is -0.336 e. The number of fused-ring (bicyclic) bond motifs is 2. The zero-order valence-corrected chi connectivity index (χ0v) is 15.9. The molecule has 0 saturated carbocycles. The van der Waals surface area contributed by atoms with Crippen molar-refractivity contribution in [3.8, 4) is 34.0 Å². The Kier molecular flexibility index (Phi) is 3.79. The molecule has 6 rings (SSSR count). The number of aromatic nitrogens is 8. The second kappa shape index (κ2) is 6.77. The van der Waals surface area contributed by atoms with E-state index in [1.807, 2.05) is 6.07 Å². The van der Waals surface area contributed by atoms with Crippen molar-refractivity contribution in [1.29, 1.82) is 0 Å². The van der Waals surface area contributed by atoms with Crippen molar-refractivity contribution in [2.75, 3.05) is 0 Å². The Morgan fingerprint density at radius 1 is 0.871 bits per heavy atom. The lowest BCUT2D eigenvalue weighted by atomic mass is 10.1. The quantitative estimate of drug-likeness (QED) is 0.455. The van der Waals surface area contributed by atoms with Crippen molar-refractivity contribution >= 4 is 21.9 Å². The van der Waals surface area contributed by atoms with Crippen LogP contribution in [-0.4, -0.2) is 40.1 Å². The molecule has 6 aromatic rings. The zero-order chi connectivity index (χ0) is 20.8. The Bertz CT molecular complexity index is 1550. The van der Waals surface area contributed by atoms with Crippen molar-refractivity contribution in [3.05, 3.63) is 73.3 Å². The van der Waals surface area contributed by atoms with Crippen LogP contribution < -0.4 is 0 Å². The van der Waals surface area contributed by atoms with Crippen LogP contribution in [0.3, 0.4) is 0 Å². The second-order valence-electron chi connectivity index (χ2n) is 6.94. The number of benzene rings is 1. The molecule has 0 unspecified atom stereocenters. The summed E-state index contributed by atoms with van der Waals surface area (Å²) in [7, 11) is 0. The van der Waals surface area contributed by atoms with Gasteiger partial charge in [-0.15, -0.1) is 0 Å². The van der Waals surface area contributed by atoms with Crippen LogP contribution in [-0.2, 0) is 0 Å². The van der Waals surface area contributed by atoms with Crippen molar-refractivity contribution in [1.82, 2.24) is 40.1 Å². The Morgan fingerprint density at radius 3 is 2.61 bits per heavy atom. The molecule has 31 heavy (non-hydrogen) atoms. The average Bonchev–Trinajstić information content (AvgIpc) is 3.43. The number of nitrogens with zero attached hydrogens (tertiary/aromatic N) is 6. The van der Waals surface area contributed by atoms with E-state index in [2.05, 4.69) is 35.1 Å². The second-order valence-corrected chi connectivity index (χ2v) is 6.94. The van der Waals surface area contributed by atoms with E-state index in [0.717, 1.165) is 27.7 Å². The summed E-state index contributed by atoms with van der Waals surface area (Å²) in [5.41, 5.74) is 5.10. The normalized spacial score (nSPS) is 11.4. The van der Waals surface area contributed by atoms with Gasteiger partial charge < -0.3 is 4.98 Å². The maximum atomic E-state index is 14.4. The van der Waals surface area contributed by atoms with Crippen LogP contribution in [0.4, 0.5) is 4.39 Å². The minimum absolute atomic E-state index is 0.349. The van der Waals surface area contributed by atoms with Crippen LogP contribution >= 0.6 is 0 Å². The smallest absolute Gasteiger partial charge is 0.159 e. The highest BCUT2D eigenvalue weighted by atomic mass is 19.1. The Labute approximate surface area is 174 Å². The van der Waals surface area contributed by atoms with E-state index in [-0.39, 0.29) is 5.82 Å². The number of hydrogen-bond acceptors (Lipinski definition) is 6. The third-order valence-electron chi connectivity index (χ3n) is 5.06. The molecule has 0 spiro atoms. The van der Waals surface area contributed by atoms with Crippen LogP contribution in [0.15, 0.2) is 67.5 Å². The first-order chi connectivity index (χ1) is 15.3. The summed E-state index contributed by atoms with van der Waals surface area (Å²) in [6, 6.07) is 10.2. The molecule has 0 saturated heterocycles. The van der Waals surface area contributed by atoms with Gasteiger partial charge in [-0.05, 0) is 24.3 Å². The fraction of sp³-hybridized carbons (Fsp3) is 0. The van der Waals surface area contributed by atoms with E-state index in [1.54, 1.807) is 49.1 Å². The average molecular weight is 408 g/mol. The number of imidazole rings is 1. The number of halogens is 1. The summed E-state index contributed by atoms with van der Waals surface area (Å²) in [5, 5.41) is 8.26. The molecule has 148 valence electrons. The maximum absolute atomic E-state index is 14.4. The van der Waals surface area contributed by atoms with Crippen LogP contribution in [0.25, 0.3) is 56.0 Å². The van der Waals surface area contributed by atoms with Crippen molar-refractivity contribution in [2.45, 2.75) is 0 Å². The van der Waals surface area contributed by atoms with E-state index >= 15 is 0 Å². The van der Waals surface area contributed by atoms with Gasteiger partial charge in [-0.25, -0.2) is 19.3 Å². The molecule has 0 radical (unpaired) electrons. The van der Waals surface area contributed by atoms with E-state index < -0.39 is 0 Å². The maximum Gasteiger partial charge on any atom is 0.159 e. The molecular weight excluding hydrogens is 395 g/mol. The molecule has 2 N–H and O–H groups in total. The summed E-state index contributed by atoms with van der Waals surface area (Å²) < 4.78 is 14.4. The van der Waals surface area contributed by atoms with Crippen LogP contribution in [0.2, 0.25) is 0 Å². The Morgan fingerprint density at radius 2 is 1.74 bits per heavy atom. The summed E-state index contributed by atoms with van der Waals surface area (Å²) >= 11 is 0. The van der Waals surface area contributed by atoms with Gasteiger partial charge in [0.05, 0.1) is 22.9 Å². The van der Waals surface area contributed by atoms with Gasteiger partial charge in [0.1, 0.15) is 29.0 Å². The fourth-order valence-electron chi connectivity index (χ4n) is 3.58. The number of H-pyrrole nitrogens is 2. The van der Waals surface area contributed by atoms with Gasteiger partial charge in [0.15, 0.2) is 5.82 Å². The van der Waals surface area contributed by atoms with Gasteiger partial charge in [-0.3, -0.25) is 15.1 Å². The van der Waals surface area contributed by atoms with Crippen LogP contribution in [0.1, 0.15) is 0 Å². The molecule has 0 atom stereocenters. The molecule has 0 aliphatic carbocycles. The SMILES string of the molecule is Fc1ccccc1-c1nccc2[nH]c(-c3n[nH]c4cnc(-c5cncnc5)cc34)nc12. The fourth-order valence-corrected chi connectivity index (χ4v) is 3.58. The number of pyridine rings is 2. The monoisotopic (exact) mass is 408 g/mol. The largest absolute Gasteiger partial charge is 0.336 e. The first kappa shape index (κ1) is 17.3. The lowest BCUT2D eigenvalue weighted by Gasteiger charge is -2.02. The first-order valence-electron chi connectivity index (χ1n) is 9.47. The zero-order valence-electron chi connectivity index (χ0n) is 15.9.